The third-order valence-corrected chi connectivity index (χ3v) is 4.83. The van der Waals surface area contributed by atoms with Crippen LogP contribution in [-0.4, -0.2) is 18.2 Å². The summed E-state index contributed by atoms with van der Waals surface area (Å²) in [6.07, 6.45) is 1.99. The summed E-state index contributed by atoms with van der Waals surface area (Å²) in [6.45, 7) is 7.08. The van der Waals surface area contributed by atoms with Gasteiger partial charge in [-0.25, -0.2) is 0 Å². The Labute approximate surface area is 150 Å². The van der Waals surface area contributed by atoms with E-state index in [1.807, 2.05) is 0 Å². The summed E-state index contributed by atoms with van der Waals surface area (Å²) in [5, 5.41) is 3.02. The number of benzene rings is 2. The van der Waals surface area contributed by atoms with Gasteiger partial charge in [0.1, 0.15) is 0 Å². The number of hydrogen-bond acceptors (Lipinski definition) is 2. The molecule has 2 aromatic rings. The van der Waals surface area contributed by atoms with Crippen molar-refractivity contribution in [3.63, 3.8) is 0 Å². The Morgan fingerprint density at radius 2 is 1.67 bits per heavy atom. The van der Waals surface area contributed by atoms with Crippen molar-refractivity contribution in [3.8, 4) is 0 Å². The number of amides is 1. The Hall–Kier alpha value is -1.74. The molecule has 0 aromatic heterocycles. The average Bonchev–Trinajstić information content (AvgIpc) is 2.51. The fourth-order valence-electron chi connectivity index (χ4n) is 2.85. The largest absolute Gasteiger partial charge is 0.355 e. The standard InChI is InChI=1S/C21H27NOS/c1-16-6-4-7-19(11-16)8-5-9-22-21(23)15-24-14-20-12-17(2)10-18(3)13-20/h4,6-7,10-13H,5,8-9,14-15H2,1-3H3,(H,22,23). The molecule has 0 aliphatic heterocycles. The van der Waals surface area contributed by atoms with E-state index < -0.39 is 0 Å². The Morgan fingerprint density at radius 1 is 0.958 bits per heavy atom. The van der Waals surface area contributed by atoms with Gasteiger partial charge in [0, 0.05) is 12.3 Å². The summed E-state index contributed by atoms with van der Waals surface area (Å²) in [5.74, 6) is 1.55. The molecule has 0 saturated heterocycles. The van der Waals surface area contributed by atoms with Crippen molar-refractivity contribution in [1.29, 1.82) is 0 Å². The van der Waals surface area contributed by atoms with E-state index in [9.17, 15) is 4.79 Å². The van der Waals surface area contributed by atoms with Crippen LogP contribution in [0.2, 0.25) is 0 Å². The number of hydrogen-bond donors (Lipinski definition) is 1. The summed E-state index contributed by atoms with van der Waals surface area (Å²) in [5.41, 5.74) is 6.50. The Balaban J connectivity index is 1.61. The Kier molecular flexibility index (Phi) is 7.38. The summed E-state index contributed by atoms with van der Waals surface area (Å²) < 4.78 is 0. The average molecular weight is 342 g/mol. The molecule has 2 nitrogen and oxygen atoms in total. The molecule has 0 saturated carbocycles. The molecule has 0 aliphatic carbocycles. The van der Waals surface area contributed by atoms with E-state index in [1.165, 1.54) is 27.8 Å². The highest BCUT2D eigenvalue weighted by Crippen LogP contribution is 2.15. The molecule has 0 spiro atoms. The molecule has 0 aliphatic rings. The van der Waals surface area contributed by atoms with Crippen LogP contribution >= 0.6 is 11.8 Å². The molecule has 24 heavy (non-hydrogen) atoms. The van der Waals surface area contributed by atoms with Crippen molar-refractivity contribution >= 4 is 17.7 Å². The van der Waals surface area contributed by atoms with Gasteiger partial charge in [0.05, 0.1) is 5.75 Å². The maximum absolute atomic E-state index is 11.9. The van der Waals surface area contributed by atoms with Crippen LogP contribution in [0.25, 0.3) is 0 Å². The van der Waals surface area contributed by atoms with Gasteiger partial charge in [-0.3, -0.25) is 4.79 Å². The van der Waals surface area contributed by atoms with Gasteiger partial charge in [-0.05, 0) is 44.7 Å². The number of aryl methyl sites for hydroxylation is 4. The fourth-order valence-corrected chi connectivity index (χ4v) is 3.64. The predicted molar refractivity (Wildman–Crippen MR) is 105 cm³/mol. The fraction of sp³-hybridized carbons (Fsp3) is 0.381. The first-order valence-corrected chi connectivity index (χ1v) is 9.65. The normalized spacial score (nSPS) is 10.6. The molecular weight excluding hydrogens is 314 g/mol. The zero-order chi connectivity index (χ0) is 17.4. The molecule has 2 aromatic carbocycles. The van der Waals surface area contributed by atoms with Crippen molar-refractivity contribution in [2.45, 2.75) is 39.4 Å². The highest BCUT2D eigenvalue weighted by Gasteiger charge is 2.03. The second kappa shape index (κ2) is 9.53. The van der Waals surface area contributed by atoms with E-state index in [-0.39, 0.29) is 5.91 Å². The molecule has 3 heteroatoms. The smallest absolute Gasteiger partial charge is 0.230 e. The monoisotopic (exact) mass is 341 g/mol. The van der Waals surface area contributed by atoms with E-state index in [2.05, 4.69) is 68.6 Å². The van der Waals surface area contributed by atoms with Crippen molar-refractivity contribution in [3.05, 3.63) is 70.3 Å². The molecular formula is C21H27NOS. The maximum Gasteiger partial charge on any atom is 0.230 e. The van der Waals surface area contributed by atoms with Crippen molar-refractivity contribution in [2.24, 2.45) is 0 Å². The number of carbonyl (C=O) groups excluding carboxylic acids is 1. The van der Waals surface area contributed by atoms with Crippen LogP contribution in [0.5, 0.6) is 0 Å². The van der Waals surface area contributed by atoms with Crippen LogP contribution in [0.1, 0.15) is 34.2 Å². The number of carbonyl (C=O) groups is 1. The van der Waals surface area contributed by atoms with Gasteiger partial charge < -0.3 is 5.32 Å². The molecule has 0 fully saturated rings. The maximum atomic E-state index is 11.9. The minimum Gasteiger partial charge on any atom is -0.355 e. The number of rotatable bonds is 8. The predicted octanol–water partition coefficient (Wildman–Crippen LogP) is 4.59. The lowest BCUT2D eigenvalue weighted by atomic mass is 10.1. The third kappa shape index (κ3) is 6.79. The molecule has 2 rings (SSSR count). The van der Waals surface area contributed by atoms with Gasteiger partial charge >= 0.3 is 0 Å². The van der Waals surface area contributed by atoms with E-state index >= 15 is 0 Å². The molecule has 128 valence electrons. The van der Waals surface area contributed by atoms with E-state index in [4.69, 9.17) is 0 Å². The second-order valence-corrected chi connectivity index (χ2v) is 7.42. The summed E-state index contributed by atoms with van der Waals surface area (Å²) in [7, 11) is 0. The highest BCUT2D eigenvalue weighted by molar-refractivity contribution is 7.99. The van der Waals surface area contributed by atoms with Crippen LogP contribution in [-0.2, 0) is 17.0 Å². The highest BCUT2D eigenvalue weighted by atomic mass is 32.2. The van der Waals surface area contributed by atoms with E-state index in [0.717, 1.165) is 25.1 Å². The van der Waals surface area contributed by atoms with Crippen LogP contribution in [0.15, 0.2) is 42.5 Å². The lowest BCUT2D eigenvalue weighted by Gasteiger charge is -2.07. The minimum absolute atomic E-state index is 0.133. The first kappa shape index (κ1) is 18.6. The molecule has 0 heterocycles. The topological polar surface area (TPSA) is 29.1 Å². The van der Waals surface area contributed by atoms with Crippen LogP contribution in [0.4, 0.5) is 0 Å². The van der Waals surface area contributed by atoms with Gasteiger partial charge in [-0.15, -0.1) is 11.8 Å². The SMILES string of the molecule is Cc1cccc(CCCNC(=O)CSCc2cc(C)cc(C)c2)c1. The van der Waals surface area contributed by atoms with E-state index in [0.29, 0.717) is 5.75 Å². The molecule has 1 amide bonds. The van der Waals surface area contributed by atoms with Gasteiger partial charge in [-0.2, -0.15) is 0 Å². The first-order valence-electron chi connectivity index (χ1n) is 8.50. The summed E-state index contributed by atoms with van der Waals surface area (Å²) in [6, 6.07) is 15.1. The lowest BCUT2D eigenvalue weighted by Crippen LogP contribution is -2.26. The zero-order valence-electron chi connectivity index (χ0n) is 14.9. The van der Waals surface area contributed by atoms with E-state index in [1.54, 1.807) is 11.8 Å². The zero-order valence-corrected chi connectivity index (χ0v) is 15.7. The Morgan fingerprint density at radius 3 is 2.38 bits per heavy atom. The van der Waals surface area contributed by atoms with Gasteiger partial charge in [0.2, 0.25) is 5.91 Å². The van der Waals surface area contributed by atoms with Crippen molar-refractivity contribution in [2.75, 3.05) is 12.3 Å². The second-order valence-electron chi connectivity index (χ2n) is 6.43. The van der Waals surface area contributed by atoms with Gasteiger partial charge in [0.15, 0.2) is 0 Å². The van der Waals surface area contributed by atoms with Crippen LogP contribution in [0.3, 0.4) is 0 Å². The minimum atomic E-state index is 0.133. The lowest BCUT2D eigenvalue weighted by molar-refractivity contribution is -0.118. The quantitative estimate of drug-likeness (QED) is 0.711. The third-order valence-electron chi connectivity index (χ3n) is 3.83. The van der Waals surface area contributed by atoms with Crippen molar-refractivity contribution < 1.29 is 4.79 Å². The van der Waals surface area contributed by atoms with Gasteiger partial charge in [-0.1, -0.05) is 59.2 Å². The molecule has 0 atom stereocenters. The first-order chi connectivity index (χ1) is 11.5. The van der Waals surface area contributed by atoms with Crippen LogP contribution in [0, 0.1) is 20.8 Å². The van der Waals surface area contributed by atoms with Crippen LogP contribution < -0.4 is 5.32 Å². The number of nitrogens with one attached hydrogen (secondary N) is 1. The summed E-state index contributed by atoms with van der Waals surface area (Å²) >= 11 is 1.68. The Bertz CT molecular complexity index is 661. The molecule has 0 radical (unpaired) electrons. The van der Waals surface area contributed by atoms with Crippen molar-refractivity contribution in [1.82, 2.24) is 5.32 Å². The molecule has 0 bridgehead atoms. The summed E-state index contributed by atoms with van der Waals surface area (Å²) in [4.78, 5) is 11.9. The number of thioether (sulfide) groups is 1. The van der Waals surface area contributed by atoms with Gasteiger partial charge in [0.25, 0.3) is 0 Å². The molecule has 1 N–H and O–H groups in total. The molecule has 0 unspecified atom stereocenters.